The summed E-state index contributed by atoms with van der Waals surface area (Å²) in [5.41, 5.74) is 0. The Kier molecular flexibility index (Phi) is 3.26. The van der Waals surface area contributed by atoms with E-state index in [1.165, 1.54) is 0 Å². The van der Waals surface area contributed by atoms with E-state index in [0.717, 1.165) is 0 Å². The van der Waals surface area contributed by atoms with E-state index in [1.807, 2.05) is 0 Å². The van der Waals surface area contributed by atoms with Crippen LogP contribution in [0, 0.1) is 0 Å². The van der Waals surface area contributed by atoms with Crippen molar-refractivity contribution in [3.8, 4) is 0 Å². The Morgan fingerprint density at radius 2 is 1.62 bits per heavy atom. The van der Waals surface area contributed by atoms with Crippen molar-refractivity contribution in [2.45, 2.75) is 37.6 Å². The molecule has 1 heterocycles. The van der Waals surface area contributed by atoms with E-state index < -0.39 is 30.6 Å². The zero-order chi connectivity index (χ0) is 10.2. The van der Waals surface area contributed by atoms with Crippen LogP contribution in [0.25, 0.3) is 0 Å². The van der Waals surface area contributed by atoms with Crippen LogP contribution < -0.4 is 0 Å². The molecule has 0 unspecified atom stereocenters. The van der Waals surface area contributed by atoms with Crippen LogP contribution in [0.1, 0.15) is 6.92 Å². The molecular weight excluding hydrogens is 174 g/mol. The smallest absolute Gasteiger partial charge is 0.182 e. The molecule has 0 aliphatic carbocycles. The van der Waals surface area contributed by atoms with Crippen molar-refractivity contribution in [1.29, 1.82) is 0 Å². The molecule has 3 N–H and O–H groups in total. The zero-order valence-corrected chi connectivity index (χ0v) is 8.08. The Balaban J connectivity index is 2.76. The maximum absolute atomic E-state index is 9.66. The van der Waals surface area contributed by atoms with Crippen molar-refractivity contribution in [1.82, 2.24) is 4.90 Å². The van der Waals surface area contributed by atoms with Gasteiger partial charge < -0.3 is 25.0 Å². The summed E-state index contributed by atoms with van der Waals surface area (Å²) in [5.74, 6) is 0. The van der Waals surface area contributed by atoms with E-state index in [0.29, 0.717) is 0 Å². The first-order chi connectivity index (χ1) is 5.95. The topological polar surface area (TPSA) is 73.2 Å². The maximum atomic E-state index is 9.66. The fraction of sp³-hybridized carbons (Fsp3) is 1.00. The largest absolute Gasteiger partial charge is 0.389 e. The Bertz CT molecular complexity index is 162. The summed E-state index contributed by atoms with van der Waals surface area (Å²) < 4.78 is 4.92. The van der Waals surface area contributed by atoms with Gasteiger partial charge in [0.15, 0.2) is 6.29 Å². The molecule has 5 heteroatoms. The van der Waals surface area contributed by atoms with E-state index in [-0.39, 0.29) is 0 Å². The highest BCUT2D eigenvalue weighted by Crippen LogP contribution is 2.22. The lowest BCUT2D eigenvalue weighted by molar-refractivity contribution is -0.263. The zero-order valence-electron chi connectivity index (χ0n) is 8.08. The molecule has 78 valence electrons. The van der Waals surface area contributed by atoms with Gasteiger partial charge in [-0.25, -0.2) is 0 Å². The molecule has 1 aliphatic heterocycles. The molecule has 1 aliphatic rings. The number of likely N-dealkylation sites (N-methyl/N-ethyl adjacent to an activating group) is 1. The van der Waals surface area contributed by atoms with Crippen LogP contribution in [0.4, 0.5) is 0 Å². The van der Waals surface area contributed by atoms with Crippen LogP contribution in [0.5, 0.6) is 0 Å². The first-order valence-electron chi connectivity index (χ1n) is 4.31. The van der Waals surface area contributed by atoms with Crippen LogP contribution in [0.2, 0.25) is 0 Å². The van der Waals surface area contributed by atoms with Crippen molar-refractivity contribution < 1.29 is 20.1 Å². The summed E-state index contributed by atoms with van der Waals surface area (Å²) >= 11 is 0. The van der Waals surface area contributed by atoms with Crippen molar-refractivity contribution in [2.75, 3.05) is 14.1 Å². The predicted molar refractivity (Wildman–Crippen MR) is 46.0 cm³/mol. The molecule has 0 radical (unpaired) electrons. The molecule has 0 aromatic rings. The summed E-state index contributed by atoms with van der Waals surface area (Å²) in [7, 11) is 3.48. The van der Waals surface area contributed by atoms with Crippen LogP contribution in [-0.2, 0) is 4.74 Å². The van der Waals surface area contributed by atoms with Gasteiger partial charge in [-0.1, -0.05) is 0 Å². The molecule has 13 heavy (non-hydrogen) atoms. The second kappa shape index (κ2) is 3.89. The van der Waals surface area contributed by atoms with E-state index in [9.17, 15) is 15.3 Å². The normalized spacial score (nSPS) is 46.8. The fourth-order valence-electron chi connectivity index (χ4n) is 1.64. The van der Waals surface area contributed by atoms with E-state index in [1.54, 1.807) is 25.9 Å². The quantitative estimate of drug-likeness (QED) is 0.464. The SMILES string of the molecule is C[C@@H]1O[C@@H](O)[C@H](O)[C@H](N(C)C)[C@@H]1O. The van der Waals surface area contributed by atoms with Gasteiger partial charge >= 0.3 is 0 Å². The Morgan fingerprint density at radius 3 is 2.08 bits per heavy atom. The summed E-state index contributed by atoms with van der Waals surface area (Å²) in [4.78, 5) is 1.68. The summed E-state index contributed by atoms with van der Waals surface area (Å²) in [6.07, 6.45) is -3.54. The number of ether oxygens (including phenoxy) is 1. The first kappa shape index (κ1) is 10.9. The third-order valence-corrected chi connectivity index (χ3v) is 2.42. The lowest BCUT2D eigenvalue weighted by Gasteiger charge is -2.42. The number of nitrogens with zero attached hydrogens (tertiary/aromatic N) is 1. The molecule has 0 spiro atoms. The molecule has 0 aromatic carbocycles. The first-order valence-corrected chi connectivity index (χ1v) is 4.31. The van der Waals surface area contributed by atoms with Gasteiger partial charge in [0.1, 0.15) is 6.10 Å². The van der Waals surface area contributed by atoms with Crippen LogP contribution in [0.15, 0.2) is 0 Å². The van der Waals surface area contributed by atoms with Gasteiger partial charge in [0, 0.05) is 0 Å². The number of hydrogen-bond donors (Lipinski definition) is 3. The van der Waals surface area contributed by atoms with Gasteiger partial charge in [0.05, 0.1) is 18.2 Å². The standard InChI is InChI=1S/C8H17NO4/c1-4-6(10)5(9(2)3)7(11)8(12)13-4/h4-8,10-12H,1-3H3/t4-,5+,6+,7+,8+/m0/s1. The molecule has 0 aromatic heterocycles. The highest BCUT2D eigenvalue weighted by Gasteiger charge is 2.42. The third-order valence-electron chi connectivity index (χ3n) is 2.42. The predicted octanol–water partition coefficient (Wildman–Crippen LogP) is -1.62. The molecule has 0 amide bonds. The molecule has 1 saturated heterocycles. The Labute approximate surface area is 77.5 Å². The van der Waals surface area contributed by atoms with E-state index >= 15 is 0 Å². The van der Waals surface area contributed by atoms with Gasteiger partial charge in [0.25, 0.3) is 0 Å². The van der Waals surface area contributed by atoms with E-state index in [4.69, 9.17) is 4.74 Å². The average molecular weight is 191 g/mol. The molecule has 0 bridgehead atoms. The molecule has 1 rings (SSSR count). The second-order valence-electron chi connectivity index (χ2n) is 3.67. The van der Waals surface area contributed by atoms with Crippen LogP contribution >= 0.6 is 0 Å². The minimum atomic E-state index is -1.22. The molecule has 5 atom stereocenters. The number of hydrogen-bond acceptors (Lipinski definition) is 5. The van der Waals surface area contributed by atoms with Crippen LogP contribution in [0.3, 0.4) is 0 Å². The van der Waals surface area contributed by atoms with Gasteiger partial charge in [-0.3, -0.25) is 0 Å². The minimum absolute atomic E-state index is 0.467. The Morgan fingerprint density at radius 1 is 1.08 bits per heavy atom. The number of aliphatic hydroxyl groups excluding tert-OH is 3. The van der Waals surface area contributed by atoms with Crippen molar-refractivity contribution in [3.05, 3.63) is 0 Å². The van der Waals surface area contributed by atoms with Crippen molar-refractivity contribution >= 4 is 0 Å². The monoisotopic (exact) mass is 191 g/mol. The lowest BCUT2D eigenvalue weighted by Crippen LogP contribution is -2.61. The third kappa shape index (κ3) is 2.00. The van der Waals surface area contributed by atoms with Gasteiger partial charge in [-0.05, 0) is 21.0 Å². The number of aliphatic hydroxyl groups is 3. The van der Waals surface area contributed by atoms with Gasteiger partial charge in [-0.15, -0.1) is 0 Å². The fourth-order valence-corrected chi connectivity index (χ4v) is 1.64. The molecule has 1 fully saturated rings. The van der Waals surface area contributed by atoms with Gasteiger partial charge in [-0.2, -0.15) is 0 Å². The molecule has 5 nitrogen and oxygen atoms in total. The summed E-state index contributed by atoms with van der Waals surface area (Å²) in [6.45, 7) is 1.66. The maximum Gasteiger partial charge on any atom is 0.182 e. The van der Waals surface area contributed by atoms with Gasteiger partial charge in [0.2, 0.25) is 0 Å². The molecule has 0 saturated carbocycles. The average Bonchev–Trinajstić information content (AvgIpc) is 2.01. The Hall–Kier alpha value is -0.200. The number of rotatable bonds is 1. The lowest BCUT2D eigenvalue weighted by atomic mass is 9.96. The molecular formula is C8H17NO4. The van der Waals surface area contributed by atoms with Crippen molar-refractivity contribution in [2.24, 2.45) is 0 Å². The van der Waals surface area contributed by atoms with Crippen molar-refractivity contribution in [3.63, 3.8) is 0 Å². The summed E-state index contributed by atoms with van der Waals surface area (Å²) in [6, 6.07) is -0.487. The minimum Gasteiger partial charge on any atom is -0.389 e. The summed E-state index contributed by atoms with van der Waals surface area (Å²) in [5, 5.41) is 28.5. The van der Waals surface area contributed by atoms with Crippen LogP contribution in [-0.4, -0.2) is 65.0 Å². The highest BCUT2D eigenvalue weighted by atomic mass is 16.6. The second-order valence-corrected chi connectivity index (χ2v) is 3.67. The highest BCUT2D eigenvalue weighted by molar-refractivity contribution is 4.91. The van der Waals surface area contributed by atoms with E-state index in [2.05, 4.69) is 0 Å².